The summed E-state index contributed by atoms with van der Waals surface area (Å²) >= 11 is 0. The topological polar surface area (TPSA) is 105 Å². The van der Waals surface area contributed by atoms with E-state index in [-0.39, 0.29) is 35.7 Å². The lowest BCUT2D eigenvalue weighted by molar-refractivity contribution is 0.0519. The summed E-state index contributed by atoms with van der Waals surface area (Å²) in [6.45, 7) is 3.82. The molecule has 234 valence electrons. The molecule has 0 atom stereocenters. The largest absolute Gasteiger partial charge is 0.462 e. The third-order valence-corrected chi connectivity index (χ3v) is 7.91. The van der Waals surface area contributed by atoms with E-state index in [9.17, 15) is 9.59 Å². The highest BCUT2D eigenvalue weighted by Crippen LogP contribution is 2.53. The van der Waals surface area contributed by atoms with Crippen molar-refractivity contribution < 1.29 is 19.1 Å². The zero-order valence-corrected chi connectivity index (χ0v) is 26.6. The molecule has 48 heavy (non-hydrogen) atoms. The molecule has 0 saturated heterocycles. The highest BCUT2D eigenvalue weighted by molar-refractivity contribution is 6.20. The summed E-state index contributed by atoms with van der Waals surface area (Å²) in [4.78, 5) is 26.8. The number of nitrogens with two attached hydrogens (primary N) is 2. The van der Waals surface area contributed by atoms with Gasteiger partial charge < -0.3 is 20.9 Å². The summed E-state index contributed by atoms with van der Waals surface area (Å²) in [5.74, 6) is 11.7. The first-order valence-electron chi connectivity index (χ1n) is 15.6. The van der Waals surface area contributed by atoms with Gasteiger partial charge in [0.05, 0.1) is 35.7 Å². The summed E-state index contributed by atoms with van der Waals surface area (Å²) in [5, 5.41) is 0. The Bertz CT molecular complexity index is 2060. The number of carbonyl (C=O) groups excluding carboxylic acids is 2. The zero-order chi connectivity index (χ0) is 33.6. The normalized spacial score (nSPS) is 10.5. The van der Waals surface area contributed by atoms with Crippen LogP contribution in [0.15, 0.2) is 109 Å². The molecule has 0 bridgehead atoms. The highest BCUT2D eigenvalue weighted by Gasteiger charge is 2.34. The van der Waals surface area contributed by atoms with Crippen molar-refractivity contribution >= 4 is 23.3 Å². The lowest BCUT2D eigenvalue weighted by atomic mass is 9.98. The van der Waals surface area contributed by atoms with Crippen LogP contribution in [-0.4, -0.2) is 25.2 Å². The van der Waals surface area contributed by atoms with E-state index in [0.29, 0.717) is 33.4 Å². The van der Waals surface area contributed by atoms with Gasteiger partial charge in [0.1, 0.15) is 0 Å². The average molecular weight is 629 g/mol. The molecule has 0 fully saturated rings. The van der Waals surface area contributed by atoms with Crippen molar-refractivity contribution in [3.05, 3.63) is 143 Å². The number of hydrogen-bond acceptors (Lipinski definition) is 6. The maximum atomic E-state index is 13.4. The summed E-state index contributed by atoms with van der Waals surface area (Å²) in [7, 11) is 0. The minimum atomic E-state index is -0.557. The van der Waals surface area contributed by atoms with Gasteiger partial charge in [0.25, 0.3) is 0 Å². The van der Waals surface area contributed by atoms with Crippen molar-refractivity contribution in [2.75, 3.05) is 24.7 Å². The van der Waals surface area contributed by atoms with Gasteiger partial charge in [0.15, 0.2) is 0 Å². The van der Waals surface area contributed by atoms with Gasteiger partial charge in [-0.15, -0.1) is 0 Å². The second-order valence-electron chi connectivity index (χ2n) is 10.9. The van der Waals surface area contributed by atoms with E-state index < -0.39 is 11.9 Å². The third kappa shape index (κ3) is 6.16. The van der Waals surface area contributed by atoms with E-state index in [4.69, 9.17) is 20.9 Å². The number of nitrogen functional groups attached to an aromatic ring is 2. The lowest BCUT2D eigenvalue weighted by Gasteiger charge is -2.07. The molecule has 0 heterocycles. The van der Waals surface area contributed by atoms with Crippen LogP contribution >= 0.6 is 0 Å². The molecule has 2 aromatic carbocycles. The average Bonchev–Trinajstić information content (AvgIpc) is 3.29. The number of rotatable bonds is 5. The first-order valence-corrected chi connectivity index (χ1v) is 15.6. The van der Waals surface area contributed by atoms with Crippen LogP contribution in [0.3, 0.4) is 0 Å². The Labute approximate surface area is 280 Å². The SMILES string of the molecule is CCOC(=O)c1c2ccc(C#Cc3ccccc3)ccc-2c(-c2c3ccc(C#Cc4ccccc4)ccc-3c(C(=O)OCC)c2N)c1N. The minimum absolute atomic E-state index is 0.171. The van der Waals surface area contributed by atoms with Gasteiger partial charge in [0, 0.05) is 33.4 Å². The van der Waals surface area contributed by atoms with Crippen LogP contribution in [0, 0.1) is 23.7 Å². The van der Waals surface area contributed by atoms with E-state index in [1.165, 1.54) is 0 Å². The molecule has 0 radical (unpaired) electrons. The molecule has 0 amide bonds. The summed E-state index contributed by atoms with van der Waals surface area (Å²) in [6.07, 6.45) is 0. The number of hydrogen-bond donors (Lipinski definition) is 2. The maximum Gasteiger partial charge on any atom is 0.340 e. The van der Waals surface area contributed by atoms with E-state index in [0.717, 1.165) is 22.3 Å². The van der Waals surface area contributed by atoms with E-state index in [1.807, 2.05) is 109 Å². The predicted molar refractivity (Wildman–Crippen MR) is 191 cm³/mol. The number of carbonyl (C=O) groups is 2. The fourth-order valence-corrected chi connectivity index (χ4v) is 5.75. The molecule has 0 unspecified atom stereocenters. The Morgan fingerprint density at radius 2 is 0.792 bits per heavy atom. The molecule has 0 spiro atoms. The Balaban J connectivity index is 1.60. The first kappa shape index (κ1) is 31.5. The first-order chi connectivity index (χ1) is 23.4. The molecule has 2 aromatic rings. The van der Waals surface area contributed by atoms with Crippen molar-refractivity contribution in [2.24, 2.45) is 0 Å². The molecule has 4 aliphatic carbocycles. The van der Waals surface area contributed by atoms with E-state index >= 15 is 0 Å². The van der Waals surface area contributed by atoms with Crippen molar-refractivity contribution in [3.8, 4) is 57.1 Å². The fourth-order valence-electron chi connectivity index (χ4n) is 5.75. The molecule has 6 nitrogen and oxygen atoms in total. The molecule has 4 N–H and O–H groups in total. The Kier molecular flexibility index (Phi) is 9.10. The highest BCUT2D eigenvalue weighted by atomic mass is 16.5. The second kappa shape index (κ2) is 13.9. The van der Waals surface area contributed by atoms with Crippen LogP contribution in [0.1, 0.15) is 56.8 Å². The quantitative estimate of drug-likeness (QED) is 0.149. The van der Waals surface area contributed by atoms with Gasteiger partial charge in [-0.05, 0) is 84.6 Å². The molecule has 0 saturated carbocycles. The maximum absolute atomic E-state index is 13.4. The molecule has 4 aliphatic rings. The summed E-state index contributed by atoms with van der Waals surface area (Å²) < 4.78 is 10.9. The van der Waals surface area contributed by atoms with Crippen LogP contribution < -0.4 is 11.5 Å². The van der Waals surface area contributed by atoms with Gasteiger partial charge in [0.2, 0.25) is 0 Å². The number of benzene rings is 2. The molecule has 6 heteroatoms. The summed E-state index contributed by atoms with van der Waals surface area (Å²) in [5.41, 5.74) is 21.3. The van der Waals surface area contributed by atoms with Crippen LogP contribution in [0.2, 0.25) is 0 Å². The molecular weight excluding hydrogens is 596 g/mol. The zero-order valence-electron chi connectivity index (χ0n) is 26.6. The second-order valence-corrected chi connectivity index (χ2v) is 10.9. The van der Waals surface area contributed by atoms with Gasteiger partial charge in [-0.2, -0.15) is 0 Å². The number of fused-ring (bicyclic) bond motifs is 2. The smallest absolute Gasteiger partial charge is 0.340 e. The molecule has 0 aliphatic heterocycles. The Hall–Kier alpha value is -6.50. The Morgan fingerprint density at radius 3 is 1.12 bits per heavy atom. The third-order valence-electron chi connectivity index (χ3n) is 7.91. The van der Waals surface area contributed by atoms with Gasteiger partial charge in [-0.3, -0.25) is 0 Å². The fraction of sp³-hybridized carbons (Fsp3) is 0.0952. The summed E-state index contributed by atoms with van der Waals surface area (Å²) in [6, 6.07) is 34.2. The molecule has 0 aromatic heterocycles. The standard InChI is InChI=1S/C42H32N2O4/c1-3-47-41(45)37-33-25-21-29(17-15-27-11-7-5-8-12-27)19-23-31(33)35(39(37)43)36-32-24-20-30(18-16-28-13-9-6-10-14-28)22-26-34(32)38(40(36)44)42(46)48-4-2/h5-14,19-26H,3-4,43-44H2,1-2H3. The van der Waals surface area contributed by atoms with Crippen LogP contribution in [0.25, 0.3) is 33.4 Å². The van der Waals surface area contributed by atoms with Crippen molar-refractivity contribution in [2.45, 2.75) is 13.8 Å². The number of ether oxygens (including phenoxy) is 2. The number of anilines is 2. The lowest BCUT2D eigenvalue weighted by Crippen LogP contribution is -2.07. The van der Waals surface area contributed by atoms with Crippen LogP contribution in [0.5, 0.6) is 0 Å². The van der Waals surface area contributed by atoms with E-state index in [1.54, 1.807) is 13.8 Å². The van der Waals surface area contributed by atoms with Crippen LogP contribution in [-0.2, 0) is 9.47 Å². The van der Waals surface area contributed by atoms with Crippen molar-refractivity contribution in [1.82, 2.24) is 0 Å². The monoisotopic (exact) mass is 628 g/mol. The van der Waals surface area contributed by atoms with Crippen molar-refractivity contribution in [3.63, 3.8) is 0 Å². The van der Waals surface area contributed by atoms with Gasteiger partial charge >= 0.3 is 11.9 Å². The van der Waals surface area contributed by atoms with Gasteiger partial charge in [-0.25, -0.2) is 9.59 Å². The van der Waals surface area contributed by atoms with E-state index in [2.05, 4.69) is 23.7 Å². The molecular formula is C42H32N2O4. The minimum Gasteiger partial charge on any atom is -0.462 e. The number of esters is 2. The van der Waals surface area contributed by atoms with Crippen molar-refractivity contribution in [1.29, 1.82) is 0 Å². The Morgan fingerprint density at radius 1 is 0.479 bits per heavy atom. The predicted octanol–water partition coefficient (Wildman–Crippen LogP) is 7.88. The van der Waals surface area contributed by atoms with Gasteiger partial charge in [-0.1, -0.05) is 84.3 Å². The molecule has 6 rings (SSSR count). The van der Waals surface area contributed by atoms with Crippen LogP contribution in [0.4, 0.5) is 11.4 Å².